The highest BCUT2D eigenvalue weighted by Crippen LogP contribution is 2.65. The number of allylic oxidation sites excluding steroid dienone is 2. The Hall–Kier alpha value is -3.74. The molecule has 3 fully saturated rings. The first-order valence-corrected chi connectivity index (χ1v) is 12.1. The standard InChI is InChI=1S/C28H26N2O5/c1-14(2)35-28(34)15-6-8-17(9-7-15)29-25(31)16-4-3-5-18(12-16)30-26(32)23-19-10-11-20(22-13-21(19)22)24(23)27(30)33/h3-12,14,19-24H,13H2,1-2H3,(H,29,31)/t19-,20+,21-,22-,23+,24-/m1/s1. The van der Waals surface area contributed by atoms with Crippen LogP contribution in [0.5, 0.6) is 0 Å². The van der Waals surface area contributed by atoms with E-state index in [0.717, 1.165) is 6.42 Å². The van der Waals surface area contributed by atoms with Gasteiger partial charge in [0.15, 0.2) is 0 Å². The maximum atomic E-state index is 13.4. The second-order valence-corrected chi connectivity index (χ2v) is 10.2. The summed E-state index contributed by atoms with van der Waals surface area (Å²) in [6.07, 6.45) is 5.19. The highest BCUT2D eigenvalue weighted by Gasteiger charge is 2.67. The van der Waals surface area contributed by atoms with Crippen LogP contribution in [-0.2, 0) is 14.3 Å². The number of esters is 1. The fourth-order valence-corrected chi connectivity index (χ4v) is 6.17. The third-order valence-electron chi connectivity index (χ3n) is 7.75. The van der Waals surface area contributed by atoms with Crippen LogP contribution in [0.15, 0.2) is 60.7 Å². The third-order valence-corrected chi connectivity index (χ3v) is 7.75. The molecule has 1 heterocycles. The Balaban J connectivity index is 1.19. The highest BCUT2D eigenvalue weighted by atomic mass is 16.5. The van der Waals surface area contributed by atoms with E-state index < -0.39 is 5.97 Å². The summed E-state index contributed by atoms with van der Waals surface area (Å²) in [5.41, 5.74) is 1.68. The van der Waals surface area contributed by atoms with Gasteiger partial charge in [0.25, 0.3) is 5.91 Å². The smallest absolute Gasteiger partial charge is 0.338 e. The molecule has 2 aromatic rings. The maximum absolute atomic E-state index is 13.4. The Morgan fingerprint density at radius 2 is 1.54 bits per heavy atom. The van der Waals surface area contributed by atoms with Gasteiger partial charge in [-0.2, -0.15) is 0 Å². The van der Waals surface area contributed by atoms with Gasteiger partial charge in [-0.3, -0.25) is 14.4 Å². The molecule has 6 atom stereocenters. The second kappa shape index (κ2) is 7.90. The number of hydrogen-bond donors (Lipinski definition) is 1. The molecular weight excluding hydrogens is 444 g/mol. The lowest BCUT2D eigenvalue weighted by Crippen LogP contribution is -2.40. The van der Waals surface area contributed by atoms with Gasteiger partial charge in [0.1, 0.15) is 0 Å². The number of amides is 3. The van der Waals surface area contributed by atoms with E-state index in [1.54, 1.807) is 62.4 Å². The van der Waals surface area contributed by atoms with Crippen molar-refractivity contribution >= 4 is 35.1 Å². The lowest BCUT2D eigenvalue weighted by Gasteiger charge is -2.37. The van der Waals surface area contributed by atoms with E-state index in [4.69, 9.17) is 4.74 Å². The van der Waals surface area contributed by atoms with Crippen molar-refractivity contribution in [1.29, 1.82) is 0 Å². The van der Waals surface area contributed by atoms with E-state index in [2.05, 4.69) is 17.5 Å². The van der Waals surface area contributed by atoms with Crippen LogP contribution in [0.3, 0.4) is 0 Å². The zero-order valence-corrected chi connectivity index (χ0v) is 19.5. The summed E-state index contributed by atoms with van der Waals surface area (Å²) >= 11 is 0. The molecule has 0 spiro atoms. The number of imide groups is 1. The maximum Gasteiger partial charge on any atom is 0.338 e. The fourth-order valence-electron chi connectivity index (χ4n) is 6.17. The second-order valence-electron chi connectivity index (χ2n) is 10.2. The van der Waals surface area contributed by atoms with Gasteiger partial charge in [0.05, 0.1) is 29.2 Å². The predicted octanol–water partition coefficient (Wildman–Crippen LogP) is 4.06. The number of carbonyl (C=O) groups is 4. The van der Waals surface area contributed by atoms with Crippen molar-refractivity contribution in [3.63, 3.8) is 0 Å². The van der Waals surface area contributed by atoms with E-state index in [9.17, 15) is 19.2 Å². The van der Waals surface area contributed by atoms with Crippen LogP contribution in [0.1, 0.15) is 41.0 Å². The van der Waals surface area contributed by atoms with Crippen molar-refractivity contribution in [2.24, 2.45) is 35.5 Å². The number of nitrogens with zero attached hydrogens (tertiary/aromatic N) is 1. The summed E-state index contributed by atoms with van der Waals surface area (Å²) in [4.78, 5) is 53.0. The molecule has 2 saturated carbocycles. The van der Waals surface area contributed by atoms with Crippen molar-refractivity contribution in [2.45, 2.75) is 26.4 Å². The number of rotatable bonds is 5. The van der Waals surface area contributed by atoms with Gasteiger partial charge in [0.2, 0.25) is 11.8 Å². The molecule has 178 valence electrons. The average molecular weight is 471 g/mol. The molecule has 5 aliphatic rings. The van der Waals surface area contributed by atoms with Crippen LogP contribution in [0, 0.1) is 35.5 Å². The summed E-state index contributed by atoms with van der Waals surface area (Å²) in [5, 5.41) is 2.80. The molecule has 7 rings (SSSR count). The summed E-state index contributed by atoms with van der Waals surface area (Å²) in [6.45, 7) is 3.56. The number of nitrogens with one attached hydrogen (secondary N) is 1. The fraction of sp³-hybridized carbons (Fsp3) is 0.357. The number of carbonyl (C=O) groups excluding carboxylic acids is 4. The minimum absolute atomic E-state index is 0.147. The van der Waals surface area contributed by atoms with Crippen LogP contribution in [0.2, 0.25) is 0 Å². The van der Waals surface area contributed by atoms with E-state index >= 15 is 0 Å². The molecule has 7 nitrogen and oxygen atoms in total. The lowest BCUT2D eigenvalue weighted by atomic mass is 9.63. The highest BCUT2D eigenvalue weighted by molar-refractivity contribution is 6.23. The zero-order valence-electron chi connectivity index (χ0n) is 19.5. The molecule has 35 heavy (non-hydrogen) atoms. The Kier molecular flexibility index (Phi) is 4.91. The average Bonchev–Trinajstić information content (AvgIpc) is 3.62. The summed E-state index contributed by atoms with van der Waals surface area (Å²) < 4.78 is 5.18. The Bertz CT molecular complexity index is 1240. The largest absolute Gasteiger partial charge is 0.459 e. The topological polar surface area (TPSA) is 92.8 Å². The van der Waals surface area contributed by atoms with E-state index in [0.29, 0.717) is 34.3 Å². The van der Waals surface area contributed by atoms with Gasteiger partial charge in [-0.05, 0) is 86.4 Å². The van der Waals surface area contributed by atoms with E-state index in [1.807, 2.05) is 0 Å². The molecule has 4 aliphatic carbocycles. The molecule has 3 amide bonds. The number of benzene rings is 2. The van der Waals surface area contributed by atoms with Crippen molar-refractivity contribution in [3.8, 4) is 0 Å². The molecule has 0 aromatic heterocycles. The number of hydrogen-bond acceptors (Lipinski definition) is 5. The summed E-state index contributed by atoms with van der Waals surface area (Å²) in [5.74, 6) is -0.253. The van der Waals surface area contributed by atoms with Gasteiger partial charge >= 0.3 is 5.97 Å². The van der Waals surface area contributed by atoms with Gasteiger partial charge in [0, 0.05) is 11.3 Å². The van der Waals surface area contributed by atoms with E-state index in [1.165, 1.54) is 4.90 Å². The van der Waals surface area contributed by atoms with E-state index in [-0.39, 0.29) is 47.5 Å². The first-order chi connectivity index (χ1) is 16.8. The molecule has 1 aliphatic heterocycles. The minimum atomic E-state index is -0.424. The summed E-state index contributed by atoms with van der Waals surface area (Å²) in [7, 11) is 0. The molecule has 0 radical (unpaired) electrons. The lowest BCUT2D eigenvalue weighted by molar-refractivity contribution is -0.124. The van der Waals surface area contributed by atoms with Crippen LogP contribution < -0.4 is 10.2 Å². The number of ether oxygens (including phenoxy) is 1. The van der Waals surface area contributed by atoms with Crippen molar-refractivity contribution in [1.82, 2.24) is 0 Å². The Labute approximate surface area is 203 Å². The van der Waals surface area contributed by atoms with Crippen LogP contribution in [0.4, 0.5) is 11.4 Å². The Morgan fingerprint density at radius 1 is 0.914 bits per heavy atom. The molecule has 1 saturated heterocycles. The van der Waals surface area contributed by atoms with Crippen molar-refractivity contribution in [2.75, 3.05) is 10.2 Å². The summed E-state index contributed by atoms with van der Waals surface area (Å²) in [6, 6.07) is 13.1. The van der Waals surface area contributed by atoms with Crippen LogP contribution in [0.25, 0.3) is 0 Å². The van der Waals surface area contributed by atoms with Crippen LogP contribution in [-0.4, -0.2) is 29.8 Å². The first-order valence-electron chi connectivity index (χ1n) is 12.1. The molecule has 7 heteroatoms. The van der Waals surface area contributed by atoms with Gasteiger partial charge < -0.3 is 10.1 Å². The zero-order chi connectivity index (χ0) is 24.4. The quantitative estimate of drug-likeness (QED) is 0.404. The first kappa shape index (κ1) is 21.8. The van der Waals surface area contributed by atoms with Gasteiger partial charge in [-0.15, -0.1) is 0 Å². The molecule has 2 bridgehead atoms. The van der Waals surface area contributed by atoms with Crippen molar-refractivity contribution in [3.05, 3.63) is 71.8 Å². The van der Waals surface area contributed by atoms with Crippen molar-refractivity contribution < 1.29 is 23.9 Å². The normalized spacial score (nSPS) is 29.7. The van der Waals surface area contributed by atoms with Gasteiger partial charge in [-0.1, -0.05) is 18.2 Å². The van der Waals surface area contributed by atoms with Crippen LogP contribution >= 0.6 is 0 Å². The minimum Gasteiger partial charge on any atom is -0.459 e. The third kappa shape index (κ3) is 3.49. The number of anilines is 2. The SMILES string of the molecule is CC(C)OC(=O)c1ccc(NC(=O)c2cccc(N3C(=O)[C@@H]4[C@H]5C=C[C@H]([C@H]6C[C@H]56)[C@@H]4C3=O)c2)cc1. The molecule has 1 N–H and O–H groups in total. The van der Waals surface area contributed by atoms with Gasteiger partial charge in [-0.25, -0.2) is 9.69 Å². The molecule has 2 aromatic carbocycles. The molecular formula is C28H26N2O5. The monoisotopic (exact) mass is 470 g/mol. The Morgan fingerprint density at radius 3 is 2.14 bits per heavy atom. The molecule has 0 unspecified atom stereocenters. The predicted molar refractivity (Wildman–Crippen MR) is 129 cm³/mol.